The van der Waals surface area contributed by atoms with Gasteiger partial charge in [0.15, 0.2) is 0 Å². The highest BCUT2D eigenvalue weighted by Crippen LogP contribution is 2.18. The molecule has 3 aromatic rings. The number of rotatable bonds is 5. The van der Waals surface area contributed by atoms with E-state index in [0.29, 0.717) is 5.56 Å². The van der Waals surface area contributed by atoms with E-state index in [2.05, 4.69) is 20.2 Å². The van der Waals surface area contributed by atoms with Crippen LogP contribution in [-0.2, 0) is 10.0 Å². The fourth-order valence-corrected chi connectivity index (χ4v) is 2.99. The third-order valence-electron chi connectivity index (χ3n) is 3.37. The lowest BCUT2D eigenvalue weighted by Gasteiger charge is -2.09. The molecule has 126 valence electrons. The lowest BCUT2D eigenvalue weighted by molar-refractivity contribution is 0.0945. The van der Waals surface area contributed by atoms with Crippen LogP contribution in [0.2, 0.25) is 0 Å². The monoisotopic (exact) mass is 354 g/mol. The second-order valence-electron chi connectivity index (χ2n) is 5.08. The van der Waals surface area contributed by atoms with Crippen molar-refractivity contribution in [3.05, 3.63) is 78.9 Å². The molecule has 0 aliphatic carbocycles. The van der Waals surface area contributed by atoms with Crippen molar-refractivity contribution in [2.75, 3.05) is 0 Å². The fourth-order valence-electron chi connectivity index (χ4n) is 2.13. The minimum Gasteiger partial charge on any atom is -0.273 e. The zero-order valence-electron chi connectivity index (χ0n) is 13.0. The van der Waals surface area contributed by atoms with Gasteiger partial charge in [-0.3, -0.25) is 10.2 Å². The smallest absolute Gasteiger partial charge is 0.266 e. The Labute approximate surface area is 144 Å². The number of sulfonamides is 1. The Morgan fingerprint density at radius 1 is 0.880 bits per heavy atom. The first-order valence-electron chi connectivity index (χ1n) is 7.29. The predicted molar refractivity (Wildman–Crippen MR) is 91.7 cm³/mol. The largest absolute Gasteiger partial charge is 0.273 e. The highest BCUT2D eigenvalue weighted by Gasteiger charge is 2.15. The molecule has 2 N–H and O–H groups in total. The maximum absolute atomic E-state index is 12.2. The summed E-state index contributed by atoms with van der Waals surface area (Å²) in [5.41, 5.74) is 4.01. The van der Waals surface area contributed by atoms with Crippen molar-refractivity contribution in [1.29, 1.82) is 0 Å². The number of carbonyl (C=O) groups excluding carboxylic acids is 1. The third-order valence-corrected chi connectivity index (χ3v) is 4.63. The van der Waals surface area contributed by atoms with E-state index < -0.39 is 15.9 Å². The van der Waals surface area contributed by atoms with Gasteiger partial charge in [-0.2, -0.15) is 0 Å². The van der Waals surface area contributed by atoms with Crippen LogP contribution in [0.25, 0.3) is 11.1 Å². The summed E-state index contributed by atoms with van der Waals surface area (Å²) in [6.45, 7) is 0. The van der Waals surface area contributed by atoms with Gasteiger partial charge in [-0.1, -0.05) is 30.3 Å². The first-order chi connectivity index (χ1) is 12.1. The van der Waals surface area contributed by atoms with E-state index in [1.807, 2.05) is 6.07 Å². The summed E-state index contributed by atoms with van der Waals surface area (Å²) in [4.78, 5) is 22.2. The highest BCUT2D eigenvalue weighted by atomic mass is 32.2. The second-order valence-corrected chi connectivity index (χ2v) is 6.76. The van der Waals surface area contributed by atoms with Gasteiger partial charge in [0.1, 0.15) is 6.33 Å². The first kappa shape index (κ1) is 16.7. The summed E-state index contributed by atoms with van der Waals surface area (Å²) in [5.74, 6) is -0.571. The molecule has 0 fully saturated rings. The summed E-state index contributed by atoms with van der Waals surface area (Å²) in [5, 5.41) is 0. The number of aromatic nitrogens is 2. The number of nitrogens with zero attached hydrogens (tertiary/aromatic N) is 2. The number of hydrogen-bond acceptors (Lipinski definition) is 5. The van der Waals surface area contributed by atoms with Crippen LogP contribution in [0, 0.1) is 0 Å². The van der Waals surface area contributed by atoms with Crippen molar-refractivity contribution in [2.45, 2.75) is 4.90 Å². The van der Waals surface area contributed by atoms with E-state index in [1.54, 1.807) is 48.8 Å². The molecule has 0 spiro atoms. The molecule has 0 aliphatic rings. The summed E-state index contributed by atoms with van der Waals surface area (Å²) < 4.78 is 24.2. The van der Waals surface area contributed by atoms with Crippen molar-refractivity contribution in [2.24, 2.45) is 0 Å². The van der Waals surface area contributed by atoms with Crippen molar-refractivity contribution in [3.63, 3.8) is 0 Å². The van der Waals surface area contributed by atoms with Crippen LogP contribution in [0.5, 0.6) is 0 Å². The van der Waals surface area contributed by atoms with E-state index in [4.69, 9.17) is 0 Å². The van der Waals surface area contributed by atoms with Gasteiger partial charge in [-0.25, -0.2) is 18.4 Å². The average molecular weight is 354 g/mol. The minimum absolute atomic E-state index is 0.0606. The van der Waals surface area contributed by atoms with Crippen molar-refractivity contribution in [1.82, 2.24) is 20.2 Å². The highest BCUT2D eigenvalue weighted by molar-refractivity contribution is 7.89. The molecule has 1 heterocycles. The van der Waals surface area contributed by atoms with Crippen LogP contribution in [0.3, 0.4) is 0 Å². The van der Waals surface area contributed by atoms with Gasteiger partial charge in [0.25, 0.3) is 15.9 Å². The normalized spacial score (nSPS) is 11.0. The molecule has 25 heavy (non-hydrogen) atoms. The zero-order chi connectivity index (χ0) is 17.7. The summed E-state index contributed by atoms with van der Waals surface area (Å²) in [6.07, 6.45) is 4.67. The molecule has 0 radical (unpaired) electrons. The topological polar surface area (TPSA) is 101 Å². The lowest BCUT2D eigenvalue weighted by Crippen LogP contribution is -2.41. The molecule has 1 amide bonds. The lowest BCUT2D eigenvalue weighted by atomic mass is 10.1. The van der Waals surface area contributed by atoms with Gasteiger partial charge in [-0.15, -0.1) is 4.83 Å². The molecule has 3 rings (SSSR count). The van der Waals surface area contributed by atoms with E-state index in [9.17, 15) is 13.2 Å². The van der Waals surface area contributed by atoms with Crippen LogP contribution in [0.4, 0.5) is 0 Å². The molecule has 1 aromatic heterocycles. The number of nitrogens with one attached hydrogen (secondary N) is 2. The van der Waals surface area contributed by atoms with Gasteiger partial charge in [0.05, 0.1) is 4.90 Å². The van der Waals surface area contributed by atoms with Crippen LogP contribution in [0.1, 0.15) is 10.4 Å². The first-order valence-corrected chi connectivity index (χ1v) is 8.77. The van der Waals surface area contributed by atoms with Crippen molar-refractivity contribution >= 4 is 15.9 Å². The van der Waals surface area contributed by atoms with Gasteiger partial charge >= 0.3 is 0 Å². The SMILES string of the molecule is O=C(NNS(=O)(=O)c1ccccc1)c1cccc(-c2cncnc2)c1. The van der Waals surface area contributed by atoms with E-state index in [0.717, 1.165) is 11.1 Å². The van der Waals surface area contributed by atoms with Crippen LogP contribution in [-0.4, -0.2) is 24.3 Å². The molecule has 0 saturated carbocycles. The second kappa shape index (κ2) is 7.20. The van der Waals surface area contributed by atoms with Crippen molar-refractivity contribution in [3.8, 4) is 11.1 Å². The number of carbonyl (C=O) groups is 1. The Balaban J connectivity index is 1.74. The molecule has 0 unspecified atom stereocenters. The van der Waals surface area contributed by atoms with Gasteiger partial charge < -0.3 is 0 Å². The number of benzene rings is 2. The predicted octanol–water partition coefficient (Wildman–Crippen LogP) is 1.77. The Morgan fingerprint density at radius 3 is 2.32 bits per heavy atom. The maximum Gasteiger partial charge on any atom is 0.266 e. The Hall–Kier alpha value is -3.10. The van der Waals surface area contributed by atoms with Gasteiger partial charge in [0.2, 0.25) is 0 Å². The number of hydrazine groups is 1. The molecular weight excluding hydrogens is 340 g/mol. The number of amides is 1. The molecule has 2 aromatic carbocycles. The zero-order valence-corrected chi connectivity index (χ0v) is 13.8. The summed E-state index contributed by atoms with van der Waals surface area (Å²) >= 11 is 0. The number of hydrogen-bond donors (Lipinski definition) is 2. The minimum atomic E-state index is -3.83. The third kappa shape index (κ3) is 4.06. The molecule has 0 bridgehead atoms. The van der Waals surface area contributed by atoms with Crippen LogP contribution < -0.4 is 10.3 Å². The van der Waals surface area contributed by atoms with Gasteiger partial charge in [-0.05, 0) is 29.8 Å². The molecular formula is C17H14N4O3S. The molecule has 0 saturated heterocycles. The maximum atomic E-state index is 12.2. The van der Waals surface area contributed by atoms with E-state index in [-0.39, 0.29) is 4.90 Å². The average Bonchev–Trinajstić information content (AvgIpc) is 2.68. The molecule has 7 nitrogen and oxygen atoms in total. The summed E-state index contributed by atoms with van der Waals surface area (Å²) in [6, 6.07) is 14.5. The fraction of sp³-hybridized carbons (Fsp3) is 0. The Morgan fingerprint density at radius 2 is 1.60 bits per heavy atom. The van der Waals surface area contributed by atoms with E-state index in [1.165, 1.54) is 18.5 Å². The molecule has 8 heteroatoms. The Bertz CT molecular complexity index is 977. The van der Waals surface area contributed by atoms with Crippen LogP contribution >= 0.6 is 0 Å². The van der Waals surface area contributed by atoms with Gasteiger partial charge in [0, 0.05) is 23.5 Å². The molecule has 0 aliphatic heterocycles. The quantitative estimate of drug-likeness (QED) is 0.680. The van der Waals surface area contributed by atoms with Crippen LogP contribution in [0.15, 0.2) is 78.2 Å². The van der Waals surface area contributed by atoms with Crippen molar-refractivity contribution < 1.29 is 13.2 Å². The Kier molecular flexibility index (Phi) is 4.82. The summed E-state index contributed by atoms with van der Waals surface area (Å²) in [7, 11) is -3.83. The molecule has 0 atom stereocenters. The standard InChI is InChI=1S/C17H14N4O3S/c22-17(20-21-25(23,24)16-7-2-1-3-8-16)14-6-4-5-13(9-14)15-10-18-12-19-11-15/h1-12,21H,(H,20,22). The van der Waals surface area contributed by atoms with E-state index >= 15 is 0 Å².